The normalized spacial score (nSPS) is 13.7. The Hall–Kier alpha value is -4.74. The van der Waals surface area contributed by atoms with Gasteiger partial charge in [0.2, 0.25) is 29.5 Å². The lowest BCUT2D eigenvalue weighted by Crippen LogP contribution is -2.58. The predicted octanol–water partition coefficient (Wildman–Crippen LogP) is -5.38. The van der Waals surface area contributed by atoms with Crippen LogP contribution in [0.2, 0.25) is 0 Å². The van der Waals surface area contributed by atoms with E-state index >= 15 is 0 Å². The second-order valence-corrected chi connectivity index (χ2v) is 8.20. The van der Waals surface area contributed by atoms with E-state index in [-0.39, 0.29) is 31.8 Å². The van der Waals surface area contributed by atoms with Gasteiger partial charge in [-0.15, -0.1) is 0 Å². The highest BCUT2D eigenvalue weighted by atomic mass is 16.4. The number of hydrogen-bond donors (Lipinski definition) is 10. The van der Waals surface area contributed by atoms with Crippen molar-refractivity contribution in [2.24, 2.45) is 33.7 Å². The molecule has 0 bridgehead atoms. The molecule has 0 spiro atoms. The average molecular weight is 540 g/mol. The second-order valence-electron chi connectivity index (χ2n) is 8.20. The third-order valence-electron chi connectivity index (χ3n) is 4.97. The molecule has 0 aliphatic carbocycles. The molecule has 18 heteroatoms. The largest absolute Gasteiger partial charge is 0.480 e. The summed E-state index contributed by atoms with van der Waals surface area (Å²) < 4.78 is 0. The van der Waals surface area contributed by atoms with Crippen LogP contribution in [0.3, 0.4) is 0 Å². The van der Waals surface area contributed by atoms with Crippen LogP contribution in [0, 0.1) is 0 Å². The number of nitrogens with two attached hydrogens (primary N) is 5. The van der Waals surface area contributed by atoms with Crippen LogP contribution in [0.15, 0.2) is 17.5 Å². The number of carbonyl (C=O) groups is 6. The summed E-state index contributed by atoms with van der Waals surface area (Å²) in [6.45, 7) is 0.0852. The summed E-state index contributed by atoms with van der Waals surface area (Å²) in [7, 11) is 0. The van der Waals surface area contributed by atoms with Crippen LogP contribution >= 0.6 is 0 Å². The van der Waals surface area contributed by atoms with Gasteiger partial charge >= 0.3 is 5.97 Å². The van der Waals surface area contributed by atoms with Crippen LogP contribution in [0.5, 0.6) is 0 Å². The summed E-state index contributed by atoms with van der Waals surface area (Å²) in [6, 6.07) is -5.68. The summed E-state index contributed by atoms with van der Waals surface area (Å²) in [6.07, 6.45) is 1.53. The number of aliphatic imine (C=N–C) groups is 1. The zero-order valence-electron chi connectivity index (χ0n) is 20.4. The number of primary amides is 2. The Balaban J connectivity index is 3.06. The van der Waals surface area contributed by atoms with Gasteiger partial charge < -0.3 is 54.7 Å². The predicted molar refractivity (Wildman–Crippen MR) is 131 cm³/mol. The Morgan fingerprint density at radius 2 is 1.47 bits per heavy atom. The van der Waals surface area contributed by atoms with Crippen molar-refractivity contribution in [2.75, 3.05) is 6.54 Å². The van der Waals surface area contributed by atoms with E-state index in [0.717, 1.165) is 0 Å². The molecule has 210 valence electrons. The molecule has 0 fully saturated rings. The highest BCUT2D eigenvalue weighted by Crippen LogP contribution is 2.05. The third kappa shape index (κ3) is 11.8. The van der Waals surface area contributed by atoms with E-state index in [2.05, 4.69) is 30.9 Å². The van der Waals surface area contributed by atoms with Gasteiger partial charge in [0.1, 0.15) is 18.1 Å². The highest BCUT2D eigenvalue weighted by Gasteiger charge is 2.31. The molecule has 1 aromatic rings. The molecule has 0 radical (unpaired) electrons. The van der Waals surface area contributed by atoms with Crippen molar-refractivity contribution >= 4 is 41.5 Å². The number of rotatable bonds is 17. The van der Waals surface area contributed by atoms with Gasteiger partial charge in [-0.1, -0.05) is 0 Å². The number of hydrogen-bond acceptors (Lipinski definition) is 9. The Bertz CT molecular complexity index is 1020. The molecule has 4 unspecified atom stereocenters. The second kappa shape index (κ2) is 15.4. The maximum Gasteiger partial charge on any atom is 0.326 e. The molecule has 18 nitrogen and oxygen atoms in total. The molecule has 1 aromatic heterocycles. The van der Waals surface area contributed by atoms with Crippen LogP contribution < -0.4 is 44.6 Å². The summed E-state index contributed by atoms with van der Waals surface area (Å²) in [5.74, 6) is -6.21. The standard InChI is InChI=1S/C20H33N11O7/c21-10(5-14(22)32)16(34)30-12(6-15(23)33)18(36)29-11(2-1-3-27-20(24)25)17(35)31-13(19(37)38)4-9-7-26-8-28-9/h7-8,10-13H,1-6,21H2,(H2,22,32)(H2,23,33)(H,26,28)(H,29,36)(H,30,34)(H,31,35)(H,37,38)(H4,24,25,27). The fourth-order valence-corrected chi connectivity index (χ4v) is 3.13. The van der Waals surface area contributed by atoms with Crippen LogP contribution in [0.4, 0.5) is 0 Å². The number of carboxylic acids is 1. The van der Waals surface area contributed by atoms with E-state index in [4.69, 9.17) is 28.7 Å². The van der Waals surface area contributed by atoms with Crippen molar-refractivity contribution in [2.45, 2.75) is 56.3 Å². The lowest BCUT2D eigenvalue weighted by atomic mass is 10.1. The van der Waals surface area contributed by atoms with Crippen molar-refractivity contribution < 1.29 is 33.9 Å². The van der Waals surface area contributed by atoms with Gasteiger partial charge in [-0.2, -0.15) is 0 Å². The van der Waals surface area contributed by atoms with Gasteiger partial charge in [-0.05, 0) is 12.8 Å². The number of nitrogens with one attached hydrogen (secondary N) is 4. The van der Waals surface area contributed by atoms with Gasteiger partial charge in [0.05, 0.1) is 25.2 Å². The van der Waals surface area contributed by atoms with Crippen molar-refractivity contribution in [3.8, 4) is 0 Å². The molecule has 0 aromatic carbocycles. The SMILES string of the molecule is NC(=O)CC(N)C(=O)NC(CC(N)=O)C(=O)NC(CCCN=C(N)N)C(=O)NC(Cc1cnc[nH]1)C(=O)O. The first-order chi connectivity index (χ1) is 17.8. The molecule has 15 N–H and O–H groups in total. The highest BCUT2D eigenvalue weighted by molar-refractivity contribution is 5.96. The minimum atomic E-state index is -1.56. The van der Waals surface area contributed by atoms with Gasteiger partial charge in [0.25, 0.3) is 0 Å². The monoisotopic (exact) mass is 539 g/mol. The number of amides is 5. The minimum absolute atomic E-state index is 0.0524. The first-order valence-corrected chi connectivity index (χ1v) is 11.3. The average Bonchev–Trinajstić information content (AvgIpc) is 3.32. The van der Waals surface area contributed by atoms with E-state index < -0.39 is 72.5 Å². The maximum atomic E-state index is 13.0. The summed E-state index contributed by atoms with van der Waals surface area (Å²) in [5, 5.41) is 16.4. The topological polar surface area (TPSA) is 330 Å². The van der Waals surface area contributed by atoms with E-state index in [9.17, 15) is 33.9 Å². The number of guanidine groups is 1. The number of imidazole rings is 1. The molecular weight excluding hydrogens is 506 g/mol. The van der Waals surface area contributed by atoms with Crippen molar-refractivity contribution in [1.82, 2.24) is 25.9 Å². The lowest BCUT2D eigenvalue weighted by molar-refractivity contribution is -0.142. The molecule has 0 aliphatic heterocycles. The van der Waals surface area contributed by atoms with Crippen molar-refractivity contribution in [3.05, 3.63) is 18.2 Å². The number of aromatic nitrogens is 2. The fraction of sp³-hybridized carbons (Fsp3) is 0.500. The van der Waals surface area contributed by atoms with E-state index in [1.54, 1.807) is 0 Å². The van der Waals surface area contributed by atoms with Crippen molar-refractivity contribution in [1.29, 1.82) is 0 Å². The van der Waals surface area contributed by atoms with Gasteiger partial charge in [-0.25, -0.2) is 9.78 Å². The number of carboxylic acid groups (broad SMARTS) is 1. The van der Waals surface area contributed by atoms with Gasteiger partial charge in [0, 0.05) is 24.9 Å². The van der Waals surface area contributed by atoms with Crippen LogP contribution in [-0.2, 0) is 35.2 Å². The summed E-state index contributed by atoms with van der Waals surface area (Å²) >= 11 is 0. The Morgan fingerprint density at radius 1 is 0.895 bits per heavy atom. The van der Waals surface area contributed by atoms with E-state index in [1.807, 2.05) is 0 Å². The first kappa shape index (κ1) is 31.3. The number of H-pyrrole nitrogens is 1. The molecule has 0 aliphatic rings. The number of aliphatic carboxylic acids is 1. The summed E-state index contributed by atoms with van der Waals surface area (Å²) in [4.78, 5) is 82.8. The first-order valence-electron chi connectivity index (χ1n) is 11.3. The summed E-state index contributed by atoms with van der Waals surface area (Å²) in [5.41, 5.74) is 26.8. The smallest absolute Gasteiger partial charge is 0.326 e. The zero-order chi connectivity index (χ0) is 28.8. The number of carbonyl (C=O) groups excluding carboxylic acids is 5. The third-order valence-corrected chi connectivity index (χ3v) is 4.97. The Labute approximate surface area is 216 Å². The molecule has 5 amide bonds. The maximum absolute atomic E-state index is 13.0. The molecule has 1 heterocycles. The van der Waals surface area contributed by atoms with Gasteiger partial charge in [0.15, 0.2) is 5.96 Å². The number of aromatic amines is 1. The molecular formula is C20H33N11O7. The Morgan fingerprint density at radius 3 is 2.00 bits per heavy atom. The molecule has 4 atom stereocenters. The lowest BCUT2D eigenvalue weighted by Gasteiger charge is -2.24. The van der Waals surface area contributed by atoms with Crippen LogP contribution in [-0.4, -0.2) is 87.3 Å². The van der Waals surface area contributed by atoms with Crippen molar-refractivity contribution in [3.63, 3.8) is 0 Å². The quantitative estimate of drug-likeness (QED) is 0.0505. The van der Waals surface area contributed by atoms with Crippen LogP contribution in [0.25, 0.3) is 0 Å². The van der Waals surface area contributed by atoms with Crippen LogP contribution in [0.1, 0.15) is 31.4 Å². The Kier molecular flexibility index (Phi) is 12.7. The molecule has 1 rings (SSSR count). The number of nitrogens with zero attached hydrogens (tertiary/aromatic N) is 2. The molecule has 0 saturated heterocycles. The van der Waals surface area contributed by atoms with E-state index in [0.29, 0.717) is 5.69 Å². The van der Waals surface area contributed by atoms with Gasteiger partial charge in [-0.3, -0.25) is 29.0 Å². The fourth-order valence-electron chi connectivity index (χ4n) is 3.13. The molecule has 0 saturated carbocycles. The molecule has 38 heavy (non-hydrogen) atoms. The van der Waals surface area contributed by atoms with E-state index in [1.165, 1.54) is 12.5 Å². The minimum Gasteiger partial charge on any atom is -0.480 e. The zero-order valence-corrected chi connectivity index (χ0v) is 20.4.